The molecule has 1 spiro atoms. The molecule has 1 aliphatic carbocycles. The van der Waals surface area contributed by atoms with E-state index in [1.165, 1.54) is 24.0 Å². The van der Waals surface area contributed by atoms with Crippen molar-refractivity contribution in [3.05, 3.63) is 28.3 Å². The van der Waals surface area contributed by atoms with Gasteiger partial charge in [-0.25, -0.2) is 0 Å². The minimum absolute atomic E-state index is 0.225. The van der Waals surface area contributed by atoms with Crippen LogP contribution in [0.25, 0.3) is 0 Å². The molecule has 3 nitrogen and oxygen atoms in total. The van der Waals surface area contributed by atoms with Crippen LogP contribution in [0.3, 0.4) is 0 Å². The zero-order chi connectivity index (χ0) is 13.9. The first-order chi connectivity index (χ1) is 9.63. The Morgan fingerprint density at radius 1 is 1.35 bits per heavy atom. The number of benzene rings is 1. The lowest BCUT2D eigenvalue weighted by Crippen LogP contribution is -2.28. The van der Waals surface area contributed by atoms with Crippen molar-refractivity contribution in [3.63, 3.8) is 0 Å². The number of hydrogen-bond donors (Lipinski definition) is 1. The molecule has 2 aliphatic heterocycles. The number of likely N-dealkylation sites (N-methyl/N-ethyl adjacent to an activating group) is 1. The Morgan fingerprint density at radius 3 is 2.80 bits per heavy atom. The molecule has 4 heteroatoms. The summed E-state index contributed by atoms with van der Waals surface area (Å²) in [5, 5.41) is 4.29. The number of amides is 1. The Balaban J connectivity index is 1.81. The molecular formula is C16H19ClN2O. The van der Waals surface area contributed by atoms with Gasteiger partial charge in [0.2, 0.25) is 5.91 Å². The Hall–Kier alpha value is -1.06. The molecule has 1 saturated heterocycles. The molecular weight excluding hydrogens is 272 g/mol. The van der Waals surface area contributed by atoms with Crippen molar-refractivity contribution in [2.45, 2.75) is 43.6 Å². The van der Waals surface area contributed by atoms with Crippen molar-refractivity contribution in [1.82, 2.24) is 5.32 Å². The summed E-state index contributed by atoms with van der Waals surface area (Å²) < 4.78 is 0. The summed E-state index contributed by atoms with van der Waals surface area (Å²) in [5.74, 6) is 0.225. The zero-order valence-corrected chi connectivity index (χ0v) is 12.5. The second-order valence-electron chi connectivity index (χ2n) is 6.35. The first-order valence-corrected chi connectivity index (χ1v) is 7.87. The summed E-state index contributed by atoms with van der Waals surface area (Å²) >= 11 is 6.49. The van der Waals surface area contributed by atoms with Crippen LogP contribution in [0, 0.1) is 0 Å². The fourth-order valence-electron chi connectivity index (χ4n) is 3.81. The Morgan fingerprint density at radius 2 is 2.15 bits per heavy atom. The Labute approximate surface area is 124 Å². The third-order valence-corrected chi connectivity index (χ3v) is 5.40. The van der Waals surface area contributed by atoms with Crippen LogP contribution in [0.2, 0.25) is 5.02 Å². The maximum Gasteiger partial charge on any atom is 0.237 e. The van der Waals surface area contributed by atoms with E-state index >= 15 is 0 Å². The molecule has 2 fully saturated rings. The number of fused-ring (bicyclic) bond motifs is 2. The summed E-state index contributed by atoms with van der Waals surface area (Å²) in [6, 6.07) is 4.68. The first kappa shape index (κ1) is 12.7. The average Bonchev–Trinajstić information content (AvgIpc) is 3.24. The van der Waals surface area contributed by atoms with E-state index in [-0.39, 0.29) is 11.3 Å². The van der Waals surface area contributed by atoms with Gasteiger partial charge in [0.15, 0.2) is 0 Å². The van der Waals surface area contributed by atoms with E-state index in [0.29, 0.717) is 6.04 Å². The van der Waals surface area contributed by atoms with Gasteiger partial charge in [-0.15, -0.1) is 0 Å². The number of hydrogen-bond acceptors (Lipinski definition) is 2. The molecule has 1 amide bonds. The summed E-state index contributed by atoms with van der Waals surface area (Å²) in [5.41, 5.74) is 3.12. The number of nitrogens with one attached hydrogen (secondary N) is 1. The number of anilines is 1. The molecule has 1 saturated carbocycles. The van der Waals surface area contributed by atoms with E-state index in [0.717, 1.165) is 36.5 Å². The molecule has 1 unspecified atom stereocenters. The third kappa shape index (κ3) is 1.60. The highest BCUT2D eigenvalue weighted by molar-refractivity contribution is 6.35. The Bertz CT molecular complexity index is 588. The fraction of sp³-hybridized carbons (Fsp3) is 0.562. The highest BCUT2D eigenvalue weighted by Gasteiger charge is 2.59. The summed E-state index contributed by atoms with van der Waals surface area (Å²) in [6.45, 7) is 1.07. The second-order valence-corrected chi connectivity index (χ2v) is 6.75. The van der Waals surface area contributed by atoms with Crippen LogP contribution in [-0.2, 0) is 10.2 Å². The largest absolute Gasteiger partial charge is 0.313 e. The van der Waals surface area contributed by atoms with E-state index in [1.807, 2.05) is 7.05 Å². The van der Waals surface area contributed by atoms with Gasteiger partial charge in [0.25, 0.3) is 0 Å². The van der Waals surface area contributed by atoms with Gasteiger partial charge in [-0.3, -0.25) is 4.79 Å². The molecule has 1 aromatic carbocycles. The molecule has 0 aromatic heterocycles. The van der Waals surface area contributed by atoms with Crippen LogP contribution < -0.4 is 10.2 Å². The third-order valence-electron chi connectivity index (χ3n) is 5.11. The van der Waals surface area contributed by atoms with Crippen molar-refractivity contribution in [2.24, 2.45) is 0 Å². The normalized spacial score (nSPS) is 27.0. The van der Waals surface area contributed by atoms with E-state index < -0.39 is 0 Å². The molecule has 1 N–H and O–H groups in total. The number of nitrogens with zero attached hydrogens (tertiary/aromatic N) is 1. The highest BCUT2D eigenvalue weighted by Crippen LogP contribution is 2.59. The van der Waals surface area contributed by atoms with Crippen LogP contribution in [0.15, 0.2) is 12.1 Å². The van der Waals surface area contributed by atoms with Crippen molar-refractivity contribution in [2.75, 3.05) is 18.5 Å². The van der Waals surface area contributed by atoms with Crippen LogP contribution in [-0.4, -0.2) is 19.5 Å². The number of carbonyl (C=O) groups is 1. The smallest absolute Gasteiger partial charge is 0.237 e. The molecule has 1 atom stereocenters. The van der Waals surface area contributed by atoms with Crippen LogP contribution in [0.4, 0.5) is 5.69 Å². The van der Waals surface area contributed by atoms with Crippen LogP contribution in [0.1, 0.15) is 49.3 Å². The summed E-state index contributed by atoms with van der Waals surface area (Å²) in [4.78, 5) is 14.2. The van der Waals surface area contributed by atoms with Gasteiger partial charge in [-0.2, -0.15) is 0 Å². The van der Waals surface area contributed by atoms with Crippen molar-refractivity contribution >= 4 is 23.2 Å². The van der Waals surface area contributed by atoms with Gasteiger partial charge in [0.05, 0.1) is 16.1 Å². The van der Waals surface area contributed by atoms with Gasteiger partial charge in [-0.05, 0) is 49.4 Å². The maximum absolute atomic E-state index is 12.4. The first-order valence-electron chi connectivity index (χ1n) is 7.49. The highest BCUT2D eigenvalue weighted by atomic mass is 35.5. The summed E-state index contributed by atoms with van der Waals surface area (Å²) in [6.07, 6.45) is 5.62. The lowest BCUT2D eigenvalue weighted by atomic mass is 9.91. The van der Waals surface area contributed by atoms with E-state index in [9.17, 15) is 4.79 Å². The Kier molecular flexibility index (Phi) is 2.67. The lowest BCUT2D eigenvalue weighted by Gasteiger charge is -2.25. The van der Waals surface area contributed by atoms with Crippen molar-refractivity contribution in [1.29, 1.82) is 0 Å². The molecule has 0 radical (unpaired) electrons. The molecule has 2 heterocycles. The van der Waals surface area contributed by atoms with Crippen molar-refractivity contribution < 1.29 is 4.79 Å². The van der Waals surface area contributed by atoms with Gasteiger partial charge < -0.3 is 10.2 Å². The van der Waals surface area contributed by atoms with Crippen LogP contribution in [0.5, 0.6) is 0 Å². The number of piperidine rings is 1. The van der Waals surface area contributed by atoms with Gasteiger partial charge in [0, 0.05) is 13.1 Å². The number of carbonyl (C=O) groups excluding carboxylic acids is 1. The summed E-state index contributed by atoms with van der Waals surface area (Å²) in [7, 11) is 1.85. The number of rotatable bonds is 1. The predicted octanol–water partition coefficient (Wildman–Crippen LogP) is 3.16. The van der Waals surface area contributed by atoms with Crippen LogP contribution >= 0.6 is 11.6 Å². The van der Waals surface area contributed by atoms with Crippen molar-refractivity contribution in [3.8, 4) is 0 Å². The number of halogens is 1. The van der Waals surface area contributed by atoms with Gasteiger partial charge in [0.1, 0.15) is 0 Å². The van der Waals surface area contributed by atoms with Gasteiger partial charge in [-0.1, -0.05) is 24.1 Å². The average molecular weight is 291 g/mol. The molecule has 1 aromatic rings. The van der Waals surface area contributed by atoms with Gasteiger partial charge >= 0.3 is 0 Å². The lowest BCUT2D eigenvalue weighted by molar-refractivity contribution is -0.119. The minimum Gasteiger partial charge on any atom is -0.313 e. The molecule has 20 heavy (non-hydrogen) atoms. The maximum atomic E-state index is 12.4. The predicted molar refractivity (Wildman–Crippen MR) is 80.4 cm³/mol. The zero-order valence-electron chi connectivity index (χ0n) is 11.7. The topological polar surface area (TPSA) is 32.3 Å². The molecule has 0 bridgehead atoms. The minimum atomic E-state index is -0.238. The monoisotopic (exact) mass is 290 g/mol. The van der Waals surface area contributed by atoms with E-state index in [4.69, 9.17) is 11.6 Å². The second kappa shape index (κ2) is 4.22. The van der Waals surface area contributed by atoms with E-state index in [1.54, 1.807) is 4.90 Å². The fourth-order valence-corrected chi connectivity index (χ4v) is 4.16. The molecule has 3 aliphatic rings. The standard InChI is InChI=1S/C16H19ClN2O/c1-19-14-11(16(5-6-16)15(19)20)8-10(9-12(14)17)13-4-2-3-7-18-13/h8-9,13,18H,2-7H2,1H3. The van der Waals surface area contributed by atoms with E-state index in [2.05, 4.69) is 17.4 Å². The molecule has 4 rings (SSSR count). The quantitative estimate of drug-likeness (QED) is 0.862. The SMILES string of the molecule is CN1C(=O)C2(CC2)c2cc(C3CCCCN3)cc(Cl)c21. The molecule has 106 valence electrons.